The van der Waals surface area contributed by atoms with Gasteiger partial charge in [-0.05, 0) is 12.8 Å². The van der Waals surface area contributed by atoms with Gasteiger partial charge in [0.1, 0.15) is 6.67 Å². The Balaban J connectivity index is 2.17. The van der Waals surface area contributed by atoms with E-state index in [1.165, 1.54) is 36.4 Å². The minimum atomic E-state index is -3.08. The molecule has 0 aromatic carbocycles. The summed E-state index contributed by atoms with van der Waals surface area (Å²) in [6.45, 7) is 5.57. The van der Waals surface area contributed by atoms with E-state index in [0.29, 0.717) is 13.1 Å². The second-order valence-electron chi connectivity index (χ2n) is 5.22. The molecular weight excluding hydrogens is 260 g/mol. The van der Waals surface area contributed by atoms with Crippen molar-refractivity contribution in [1.29, 1.82) is 0 Å². The molecule has 0 saturated heterocycles. The van der Waals surface area contributed by atoms with Crippen LogP contribution in [0.1, 0.15) is 58.8 Å². The maximum absolute atomic E-state index is 11.9. The number of hydrogen-bond acceptors (Lipinski definition) is 3. The van der Waals surface area contributed by atoms with E-state index in [-0.39, 0.29) is 5.75 Å². The first-order valence-corrected chi connectivity index (χ1v) is 9.13. The van der Waals surface area contributed by atoms with E-state index in [4.69, 9.17) is 0 Å². The van der Waals surface area contributed by atoms with E-state index < -0.39 is 10.0 Å². The second kappa shape index (κ2) is 8.46. The van der Waals surface area contributed by atoms with Crippen LogP contribution in [0, 0.1) is 0 Å². The van der Waals surface area contributed by atoms with Gasteiger partial charge >= 0.3 is 0 Å². The molecule has 0 unspecified atom stereocenters. The maximum Gasteiger partial charge on any atom is 0.236 e. The van der Waals surface area contributed by atoms with Crippen molar-refractivity contribution in [2.24, 2.45) is 0 Å². The highest BCUT2D eigenvalue weighted by Gasteiger charge is 2.22. The van der Waals surface area contributed by atoms with Crippen molar-refractivity contribution < 1.29 is 8.42 Å². The molecule has 1 aliphatic rings. The number of unbranched alkanes of at least 4 members (excludes halogenated alkanes) is 5. The van der Waals surface area contributed by atoms with E-state index in [0.717, 1.165) is 13.0 Å². The number of sulfonamides is 1. The number of hydrogen-bond donors (Lipinski definition) is 0. The van der Waals surface area contributed by atoms with E-state index in [9.17, 15) is 8.42 Å². The third kappa shape index (κ3) is 5.85. The number of nitrogens with zero attached hydrogens (tertiary/aromatic N) is 2. The molecule has 0 atom stereocenters. The summed E-state index contributed by atoms with van der Waals surface area (Å²) in [6.07, 6.45) is 11.9. The van der Waals surface area contributed by atoms with Crippen LogP contribution in [0.3, 0.4) is 0 Å². The quantitative estimate of drug-likeness (QED) is 0.580. The van der Waals surface area contributed by atoms with Gasteiger partial charge in [-0.25, -0.2) is 8.42 Å². The average Bonchev–Trinajstić information content (AvgIpc) is 2.83. The van der Waals surface area contributed by atoms with Crippen molar-refractivity contribution in [2.75, 3.05) is 19.0 Å². The van der Waals surface area contributed by atoms with E-state index in [1.54, 1.807) is 6.20 Å². The lowest BCUT2D eigenvalue weighted by Crippen LogP contribution is -2.32. The van der Waals surface area contributed by atoms with Gasteiger partial charge < -0.3 is 4.90 Å². The van der Waals surface area contributed by atoms with Gasteiger partial charge in [-0.15, -0.1) is 0 Å². The molecule has 0 aliphatic carbocycles. The van der Waals surface area contributed by atoms with Crippen molar-refractivity contribution in [3.05, 3.63) is 12.4 Å². The molecule has 19 heavy (non-hydrogen) atoms. The fraction of sp³-hybridized carbons (Fsp3) is 0.857. The zero-order valence-corrected chi connectivity index (χ0v) is 13.2. The topological polar surface area (TPSA) is 40.6 Å². The summed E-state index contributed by atoms with van der Waals surface area (Å²) < 4.78 is 25.2. The summed E-state index contributed by atoms with van der Waals surface area (Å²) in [5, 5.41) is 0. The molecule has 0 amide bonds. The lowest BCUT2D eigenvalue weighted by Gasteiger charge is -2.20. The van der Waals surface area contributed by atoms with Crippen LogP contribution in [-0.2, 0) is 10.0 Å². The van der Waals surface area contributed by atoms with E-state index in [1.807, 2.05) is 13.1 Å². The SMILES string of the molecule is CCCCCCCCN1C=CN(S(=O)(=O)CCC)C1. The summed E-state index contributed by atoms with van der Waals surface area (Å²) in [5.74, 6) is 0.238. The van der Waals surface area contributed by atoms with Gasteiger partial charge in [0.05, 0.1) is 5.75 Å². The molecule has 0 aromatic rings. The fourth-order valence-corrected chi connectivity index (χ4v) is 3.55. The molecule has 0 bridgehead atoms. The Labute approximate surface area is 118 Å². The maximum atomic E-state index is 11.9. The molecule has 112 valence electrons. The monoisotopic (exact) mass is 288 g/mol. The number of rotatable bonds is 10. The average molecular weight is 288 g/mol. The lowest BCUT2D eigenvalue weighted by atomic mass is 10.1. The molecule has 5 heteroatoms. The lowest BCUT2D eigenvalue weighted by molar-refractivity contribution is 0.324. The van der Waals surface area contributed by atoms with Gasteiger partial charge in [-0.1, -0.05) is 46.0 Å². The first-order valence-electron chi connectivity index (χ1n) is 7.52. The largest absolute Gasteiger partial charge is 0.358 e. The van der Waals surface area contributed by atoms with Crippen LogP contribution in [-0.4, -0.2) is 36.6 Å². The minimum Gasteiger partial charge on any atom is -0.358 e. The van der Waals surface area contributed by atoms with Gasteiger partial charge in [0.2, 0.25) is 10.0 Å². The molecule has 0 N–H and O–H groups in total. The third-order valence-corrected chi connectivity index (χ3v) is 5.26. The van der Waals surface area contributed by atoms with Crippen LogP contribution in [0.4, 0.5) is 0 Å². The van der Waals surface area contributed by atoms with E-state index in [2.05, 4.69) is 11.8 Å². The summed E-state index contributed by atoms with van der Waals surface area (Å²) in [4.78, 5) is 2.09. The van der Waals surface area contributed by atoms with Gasteiger partial charge in [-0.3, -0.25) is 4.31 Å². The van der Waals surface area contributed by atoms with Crippen molar-refractivity contribution >= 4 is 10.0 Å². The third-order valence-electron chi connectivity index (χ3n) is 3.38. The Hall–Kier alpha value is -0.710. The van der Waals surface area contributed by atoms with Gasteiger partial charge in [0.25, 0.3) is 0 Å². The fourth-order valence-electron chi connectivity index (χ4n) is 2.24. The standard InChI is InChI=1S/C14H28N2O2S/c1-3-5-6-7-8-9-10-15-11-12-16(14-15)19(17,18)13-4-2/h11-12H,3-10,13-14H2,1-2H3. The van der Waals surface area contributed by atoms with Gasteiger partial charge in [0.15, 0.2) is 0 Å². The molecule has 0 saturated carbocycles. The normalized spacial score (nSPS) is 15.5. The summed E-state index contributed by atoms with van der Waals surface area (Å²) in [5.41, 5.74) is 0. The van der Waals surface area contributed by atoms with Crippen LogP contribution < -0.4 is 0 Å². The molecule has 1 rings (SSSR count). The second-order valence-corrected chi connectivity index (χ2v) is 7.26. The molecule has 0 radical (unpaired) electrons. The van der Waals surface area contributed by atoms with Crippen LogP contribution in [0.2, 0.25) is 0 Å². The van der Waals surface area contributed by atoms with Gasteiger partial charge in [-0.2, -0.15) is 0 Å². The Kier molecular flexibility index (Phi) is 7.28. The predicted octanol–water partition coefficient (Wildman–Crippen LogP) is 3.13. The van der Waals surface area contributed by atoms with Crippen LogP contribution in [0.5, 0.6) is 0 Å². The predicted molar refractivity (Wildman–Crippen MR) is 80.0 cm³/mol. The van der Waals surface area contributed by atoms with Crippen LogP contribution >= 0.6 is 0 Å². The molecule has 0 aromatic heterocycles. The summed E-state index contributed by atoms with van der Waals surface area (Å²) >= 11 is 0. The Morgan fingerprint density at radius 3 is 2.32 bits per heavy atom. The molecule has 0 fully saturated rings. The summed E-state index contributed by atoms with van der Waals surface area (Å²) in [6, 6.07) is 0. The molecule has 0 spiro atoms. The van der Waals surface area contributed by atoms with Crippen LogP contribution in [0.25, 0.3) is 0 Å². The van der Waals surface area contributed by atoms with Gasteiger partial charge in [0, 0.05) is 18.9 Å². The molecule has 4 nitrogen and oxygen atoms in total. The smallest absolute Gasteiger partial charge is 0.236 e. The first-order chi connectivity index (χ1) is 9.10. The zero-order chi connectivity index (χ0) is 14.1. The first kappa shape index (κ1) is 16.3. The Bertz CT molecular complexity index is 366. The Morgan fingerprint density at radius 2 is 1.63 bits per heavy atom. The summed E-state index contributed by atoms with van der Waals surface area (Å²) in [7, 11) is -3.08. The highest BCUT2D eigenvalue weighted by molar-refractivity contribution is 7.89. The van der Waals surface area contributed by atoms with Crippen molar-refractivity contribution in [1.82, 2.24) is 9.21 Å². The Morgan fingerprint density at radius 1 is 0.947 bits per heavy atom. The zero-order valence-electron chi connectivity index (χ0n) is 12.3. The van der Waals surface area contributed by atoms with Crippen molar-refractivity contribution in [3.8, 4) is 0 Å². The molecule has 1 aliphatic heterocycles. The molecule has 1 heterocycles. The van der Waals surface area contributed by atoms with E-state index >= 15 is 0 Å². The minimum absolute atomic E-state index is 0.238. The van der Waals surface area contributed by atoms with Crippen molar-refractivity contribution in [2.45, 2.75) is 58.8 Å². The molecular formula is C14H28N2O2S. The highest BCUT2D eigenvalue weighted by Crippen LogP contribution is 2.14. The van der Waals surface area contributed by atoms with Crippen LogP contribution in [0.15, 0.2) is 12.4 Å². The van der Waals surface area contributed by atoms with Crippen molar-refractivity contribution in [3.63, 3.8) is 0 Å². The highest BCUT2D eigenvalue weighted by atomic mass is 32.2.